The number of Topliss-reactive ketones (excluding diaryl/α,β-unsaturated/α-hetero) is 1. The average molecular weight is 396 g/mol. The number of nitrogens with zero attached hydrogens (tertiary/aromatic N) is 2. The van der Waals surface area contributed by atoms with Crippen molar-refractivity contribution in [1.82, 2.24) is 9.80 Å². The van der Waals surface area contributed by atoms with Crippen LogP contribution in [0.1, 0.15) is 29.8 Å². The van der Waals surface area contributed by atoms with Gasteiger partial charge in [0.15, 0.2) is 5.78 Å². The molecule has 1 N–H and O–H groups in total. The van der Waals surface area contributed by atoms with Crippen LogP contribution in [0.2, 0.25) is 0 Å². The number of carbonyl (C=O) groups excluding carboxylic acids is 2. The van der Waals surface area contributed by atoms with Gasteiger partial charge in [-0.2, -0.15) is 0 Å². The van der Waals surface area contributed by atoms with Gasteiger partial charge >= 0.3 is 0 Å². The largest absolute Gasteiger partial charge is 0.497 e. The van der Waals surface area contributed by atoms with E-state index in [-0.39, 0.29) is 17.7 Å². The van der Waals surface area contributed by atoms with E-state index >= 15 is 0 Å². The molecule has 1 atom stereocenters. The zero-order valence-electron chi connectivity index (χ0n) is 17.4. The molecule has 6 heteroatoms. The highest BCUT2D eigenvalue weighted by molar-refractivity contribution is 5.98. The van der Waals surface area contributed by atoms with E-state index in [0.717, 1.165) is 38.5 Å². The van der Waals surface area contributed by atoms with Crippen LogP contribution in [0.5, 0.6) is 5.75 Å². The quantitative estimate of drug-likeness (QED) is 0.730. The van der Waals surface area contributed by atoms with Gasteiger partial charge in [0.25, 0.3) is 0 Å². The minimum absolute atomic E-state index is 0.0119. The van der Waals surface area contributed by atoms with Crippen molar-refractivity contribution in [3.63, 3.8) is 0 Å². The molecule has 0 radical (unpaired) electrons. The van der Waals surface area contributed by atoms with Crippen molar-refractivity contribution in [1.29, 1.82) is 0 Å². The number of hydrogen-bond acceptors (Lipinski definition) is 5. The van der Waals surface area contributed by atoms with Gasteiger partial charge in [-0.1, -0.05) is 24.3 Å². The number of benzene rings is 2. The number of methoxy groups -OCH3 is 1. The summed E-state index contributed by atoms with van der Waals surface area (Å²) in [5.74, 6) is 0.809. The summed E-state index contributed by atoms with van der Waals surface area (Å²) >= 11 is 0. The van der Waals surface area contributed by atoms with Crippen LogP contribution in [-0.2, 0) is 11.3 Å². The second-order valence-corrected chi connectivity index (χ2v) is 7.46. The molecule has 1 fully saturated rings. The summed E-state index contributed by atoms with van der Waals surface area (Å²) < 4.78 is 5.21. The molecule has 1 heterocycles. The number of anilines is 1. The Hall–Kier alpha value is -2.70. The molecule has 29 heavy (non-hydrogen) atoms. The van der Waals surface area contributed by atoms with Gasteiger partial charge in [0.1, 0.15) is 5.75 Å². The highest BCUT2D eigenvalue weighted by Gasteiger charge is 2.25. The molecule has 0 bridgehead atoms. The predicted molar refractivity (Wildman–Crippen MR) is 114 cm³/mol. The van der Waals surface area contributed by atoms with Crippen molar-refractivity contribution in [2.24, 2.45) is 0 Å². The Labute approximate surface area is 172 Å². The molecule has 0 unspecified atom stereocenters. The minimum atomic E-state index is -0.223. The third-order valence-corrected chi connectivity index (χ3v) is 5.44. The summed E-state index contributed by atoms with van der Waals surface area (Å²) in [6, 6.07) is 15.0. The van der Waals surface area contributed by atoms with Crippen LogP contribution in [0, 0.1) is 0 Å². The van der Waals surface area contributed by atoms with Crippen LogP contribution < -0.4 is 10.1 Å². The molecule has 1 saturated heterocycles. The van der Waals surface area contributed by atoms with Crippen molar-refractivity contribution in [3.05, 3.63) is 59.7 Å². The summed E-state index contributed by atoms with van der Waals surface area (Å²) in [5, 5.41) is 2.94. The number of piperazine rings is 1. The van der Waals surface area contributed by atoms with Crippen molar-refractivity contribution in [3.8, 4) is 5.75 Å². The normalized spacial score (nSPS) is 16.2. The Morgan fingerprint density at radius 1 is 1.07 bits per heavy atom. The molecule has 0 saturated carbocycles. The highest BCUT2D eigenvalue weighted by Crippen LogP contribution is 2.16. The third-order valence-electron chi connectivity index (χ3n) is 5.44. The van der Waals surface area contributed by atoms with E-state index in [1.54, 1.807) is 25.3 Å². The molecule has 1 amide bonds. The number of rotatable bonds is 7. The maximum Gasteiger partial charge on any atom is 0.241 e. The first-order valence-electron chi connectivity index (χ1n) is 9.97. The second-order valence-electron chi connectivity index (χ2n) is 7.46. The van der Waals surface area contributed by atoms with Crippen LogP contribution in [0.4, 0.5) is 5.69 Å². The van der Waals surface area contributed by atoms with Gasteiger partial charge < -0.3 is 10.1 Å². The number of carbonyl (C=O) groups is 2. The molecule has 1 aliphatic heterocycles. The third kappa shape index (κ3) is 5.65. The Balaban J connectivity index is 1.49. The fourth-order valence-corrected chi connectivity index (χ4v) is 3.53. The van der Waals surface area contributed by atoms with E-state index in [9.17, 15) is 9.59 Å². The van der Waals surface area contributed by atoms with Gasteiger partial charge in [0.05, 0.1) is 13.2 Å². The smallest absolute Gasteiger partial charge is 0.241 e. The van der Waals surface area contributed by atoms with Crippen molar-refractivity contribution < 1.29 is 14.3 Å². The molecular weight excluding hydrogens is 366 g/mol. The predicted octanol–water partition coefficient (Wildman–Crippen LogP) is 3.04. The summed E-state index contributed by atoms with van der Waals surface area (Å²) in [6.07, 6.45) is 0. The van der Waals surface area contributed by atoms with Gasteiger partial charge in [0.2, 0.25) is 5.91 Å². The molecule has 154 valence electrons. The fourth-order valence-electron chi connectivity index (χ4n) is 3.53. The molecule has 0 spiro atoms. The molecule has 2 aromatic carbocycles. The van der Waals surface area contributed by atoms with Crippen LogP contribution in [0.25, 0.3) is 0 Å². The summed E-state index contributed by atoms with van der Waals surface area (Å²) in [5.41, 5.74) is 2.52. The first-order chi connectivity index (χ1) is 14.0. The Kier molecular flexibility index (Phi) is 7.01. The maximum absolute atomic E-state index is 12.7. The van der Waals surface area contributed by atoms with Crippen molar-refractivity contribution in [2.45, 2.75) is 26.4 Å². The molecule has 6 nitrogen and oxygen atoms in total. The van der Waals surface area contributed by atoms with Crippen LogP contribution >= 0.6 is 0 Å². The maximum atomic E-state index is 12.7. The lowest BCUT2D eigenvalue weighted by atomic mass is 10.1. The zero-order valence-corrected chi connectivity index (χ0v) is 17.4. The van der Waals surface area contributed by atoms with Crippen LogP contribution in [0.3, 0.4) is 0 Å². The molecule has 3 rings (SSSR count). The van der Waals surface area contributed by atoms with E-state index in [1.165, 1.54) is 12.5 Å². The number of hydrogen-bond donors (Lipinski definition) is 1. The number of ketones is 1. The number of amides is 1. The second kappa shape index (κ2) is 9.67. The van der Waals surface area contributed by atoms with E-state index in [0.29, 0.717) is 11.3 Å². The first kappa shape index (κ1) is 21.0. The Morgan fingerprint density at radius 3 is 2.38 bits per heavy atom. The zero-order chi connectivity index (χ0) is 20.8. The lowest BCUT2D eigenvalue weighted by Gasteiger charge is -2.37. The van der Waals surface area contributed by atoms with Gasteiger partial charge in [-0.05, 0) is 43.7 Å². The number of ether oxygens (including phenoxy) is 1. The molecule has 0 aliphatic carbocycles. The van der Waals surface area contributed by atoms with Crippen molar-refractivity contribution in [2.75, 3.05) is 38.6 Å². The van der Waals surface area contributed by atoms with Crippen molar-refractivity contribution >= 4 is 17.4 Å². The topological polar surface area (TPSA) is 61.9 Å². The lowest BCUT2D eigenvalue weighted by molar-refractivity contribution is -0.121. The highest BCUT2D eigenvalue weighted by atomic mass is 16.5. The first-order valence-corrected chi connectivity index (χ1v) is 9.97. The molecule has 0 aromatic heterocycles. The minimum Gasteiger partial charge on any atom is -0.497 e. The Bertz CT molecular complexity index is 843. The Morgan fingerprint density at radius 2 is 1.76 bits per heavy atom. The fraction of sp³-hybridized carbons (Fsp3) is 0.391. The van der Waals surface area contributed by atoms with E-state index < -0.39 is 0 Å². The van der Waals surface area contributed by atoms with Gasteiger partial charge in [0, 0.05) is 44.0 Å². The van der Waals surface area contributed by atoms with E-state index in [1.807, 2.05) is 25.1 Å². The monoisotopic (exact) mass is 395 g/mol. The average Bonchev–Trinajstić information content (AvgIpc) is 2.74. The molecular formula is C23H29N3O3. The standard InChI is InChI=1S/C23H29N3O3/c1-17(23(28)24-21-6-4-5-20(15-21)18(2)27)26-13-11-25(12-14-26)16-19-7-9-22(29-3)10-8-19/h4-10,15,17H,11-14,16H2,1-3H3,(H,24,28)/t17-/m0/s1. The van der Waals surface area contributed by atoms with Crippen LogP contribution in [0.15, 0.2) is 48.5 Å². The van der Waals surface area contributed by atoms with Gasteiger partial charge in [-0.3, -0.25) is 19.4 Å². The SMILES string of the molecule is COc1ccc(CN2CCN([C@@H](C)C(=O)Nc3cccc(C(C)=O)c3)CC2)cc1. The summed E-state index contributed by atoms with van der Waals surface area (Å²) in [6.45, 7) is 7.89. The van der Waals surface area contributed by atoms with E-state index in [4.69, 9.17) is 4.74 Å². The van der Waals surface area contributed by atoms with Gasteiger partial charge in [-0.15, -0.1) is 0 Å². The van der Waals surface area contributed by atoms with E-state index in [2.05, 4.69) is 27.2 Å². The summed E-state index contributed by atoms with van der Waals surface area (Å²) in [4.78, 5) is 28.8. The van der Waals surface area contributed by atoms with Crippen LogP contribution in [-0.4, -0.2) is 60.8 Å². The van der Waals surface area contributed by atoms with Gasteiger partial charge in [-0.25, -0.2) is 0 Å². The summed E-state index contributed by atoms with van der Waals surface area (Å²) in [7, 11) is 1.67. The lowest BCUT2D eigenvalue weighted by Crippen LogP contribution is -2.52. The molecule has 2 aromatic rings. The molecule has 1 aliphatic rings. The number of nitrogens with one attached hydrogen (secondary N) is 1.